The van der Waals surface area contributed by atoms with Gasteiger partial charge in [-0.25, -0.2) is 0 Å². The molecule has 0 rings (SSSR count). The Balaban J connectivity index is 3.28. The minimum Gasteiger partial charge on any atom is -0.480 e. The molecule has 0 saturated heterocycles. The lowest BCUT2D eigenvalue weighted by molar-refractivity contribution is -0.139. The molecule has 148 valence electrons. The van der Waals surface area contributed by atoms with Crippen LogP contribution in [-0.4, -0.2) is 35.0 Å². The Bertz CT molecular complexity index is 339. The predicted octanol–water partition coefficient (Wildman–Crippen LogP) is 5.25. The summed E-state index contributed by atoms with van der Waals surface area (Å²) in [6.45, 7) is 1.72. The van der Waals surface area contributed by atoms with Gasteiger partial charge in [0.1, 0.15) is 0 Å². The van der Waals surface area contributed by atoms with Gasteiger partial charge in [-0.15, -0.1) is 0 Å². The summed E-state index contributed by atoms with van der Waals surface area (Å²) in [7, 11) is -1.74. The summed E-state index contributed by atoms with van der Waals surface area (Å²) in [4.78, 5) is 10.7. The summed E-state index contributed by atoms with van der Waals surface area (Å²) in [5.41, 5.74) is 0. The molecule has 0 aliphatic heterocycles. The van der Waals surface area contributed by atoms with Gasteiger partial charge in [-0.05, 0) is 12.8 Å². The SMILES string of the molecule is CCCCCCCCCCCCCCCC[P+](=O)NC(CO)C(=O)O. The van der Waals surface area contributed by atoms with Gasteiger partial charge in [0.25, 0.3) is 0 Å². The van der Waals surface area contributed by atoms with Gasteiger partial charge in [0.05, 0.1) is 6.61 Å². The highest BCUT2D eigenvalue weighted by Gasteiger charge is 2.26. The van der Waals surface area contributed by atoms with E-state index in [9.17, 15) is 9.36 Å². The normalized spacial score (nSPS) is 13.0. The molecule has 0 radical (unpaired) electrons. The molecule has 0 fully saturated rings. The Morgan fingerprint density at radius 2 is 1.24 bits per heavy atom. The van der Waals surface area contributed by atoms with Crippen molar-refractivity contribution < 1.29 is 19.6 Å². The number of carboxylic acids is 1. The zero-order chi connectivity index (χ0) is 18.8. The van der Waals surface area contributed by atoms with Crippen LogP contribution in [0.25, 0.3) is 0 Å². The first kappa shape index (κ1) is 24.5. The van der Waals surface area contributed by atoms with Crippen molar-refractivity contribution in [1.82, 2.24) is 5.09 Å². The van der Waals surface area contributed by atoms with E-state index in [1.165, 1.54) is 70.6 Å². The third-order valence-corrected chi connectivity index (χ3v) is 5.82. The van der Waals surface area contributed by atoms with Crippen LogP contribution in [0, 0.1) is 0 Å². The lowest BCUT2D eigenvalue weighted by atomic mass is 10.0. The van der Waals surface area contributed by atoms with E-state index >= 15 is 0 Å². The Morgan fingerprint density at radius 3 is 1.60 bits per heavy atom. The molecule has 0 amide bonds. The summed E-state index contributed by atoms with van der Waals surface area (Å²) in [6.07, 6.45) is 18.3. The number of hydrogen-bond donors (Lipinski definition) is 3. The predicted molar refractivity (Wildman–Crippen MR) is 104 cm³/mol. The molecule has 2 atom stereocenters. The minimum atomic E-state index is -1.74. The summed E-state index contributed by atoms with van der Waals surface area (Å²) in [5, 5.41) is 20.1. The standard InChI is InChI=1S/C19H38NO4P/c1-2-3-4-5-6-7-8-9-10-11-12-13-14-15-16-25(24)20-18(17-21)19(22)23/h18,21H,2-17H2,1H3,(H-,20,22,23,24)/p+1. The van der Waals surface area contributed by atoms with Crippen LogP contribution in [0.1, 0.15) is 96.8 Å². The maximum Gasteiger partial charge on any atom is 0.432 e. The number of aliphatic hydroxyl groups excluding tert-OH is 1. The highest BCUT2D eigenvalue weighted by Crippen LogP contribution is 2.19. The quantitative estimate of drug-likeness (QED) is 0.212. The fourth-order valence-corrected chi connectivity index (χ4v) is 4.04. The fraction of sp³-hybridized carbons (Fsp3) is 0.947. The zero-order valence-corrected chi connectivity index (χ0v) is 16.9. The second kappa shape index (κ2) is 18.3. The van der Waals surface area contributed by atoms with Crippen molar-refractivity contribution in [3.05, 3.63) is 0 Å². The summed E-state index contributed by atoms with van der Waals surface area (Å²) >= 11 is 0. The number of aliphatic hydroxyl groups is 1. The maximum absolute atomic E-state index is 11.7. The molecule has 0 bridgehead atoms. The van der Waals surface area contributed by atoms with Crippen LogP contribution in [0.15, 0.2) is 0 Å². The average molecular weight is 376 g/mol. The Kier molecular flexibility index (Phi) is 17.9. The van der Waals surface area contributed by atoms with Gasteiger partial charge >= 0.3 is 13.9 Å². The molecule has 0 aromatic carbocycles. The Morgan fingerprint density at radius 1 is 0.840 bits per heavy atom. The van der Waals surface area contributed by atoms with Crippen LogP contribution >= 0.6 is 7.95 Å². The van der Waals surface area contributed by atoms with Crippen molar-refractivity contribution in [2.75, 3.05) is 12.8 Å². The van der Waals surface area contributed by atoms with Gasteiger partial charge in [0, 0.05) is 0 Å². The van der Waals surface area contributed by atoms with E-state index in [0.29, 0.717) is 6.16 Å². The van der Waals surface area contributed by atoms with Crippen LogP contribution < -0.4 is 5.09 Å². The van der Waals surface area contributed by atoms with E-state index in [4.69, 9.17) is 10.2 Å². The minimum absolute atomic E-state index is 0.483. The van der Waals surface area contributed by atoms with Crippen molar-refractivity contribution >= 4 is 13.9 Å². The largest absolute Gasteiger partial charge is 0.480 e. The maximum atomic E-state index is 11.7. The number of nitrogens with one attached hydrogen (secondary N) is 1. The monoisotopic (exact) mass is 376 g/mol. The number of unbranched alkanes of at least 4 members (excludes halogenated alkanes) is 13. The summed E-state index contributed by atoms with van der Waals surface area (Å²) in [5.74, 6) is -1.16. The molecule has 0 aliphatic carbocycles. The molecule has 0 aromatic heterocycles. The lowest BCUT2D eigenvalue weighted by Gasteiger charge is -2.03. The highest BCUT2D eigenvalue weighted by atomic mass is 31.1. The van der Waals surface area contributed by atoms with Crippen LogP contribution in [-0.2, 0) is 9.36 Å². The number of carboxylic acid groups (broad SMARTS) is 1. The van der Waals surface area contributed by atoms with E-state index in [0.717, 1.165) is 19.3 Å². The summed E-state index contributed by atoms with van der Waals surface area (Å²) < 4.78 is 11.7. The molecular formula is C19H39NO4P+. The van der Waals surface area contributed by atoms with Gasteiger partial charge in [0.15, 0.2) is 12.2 Å². The zero-order valence-electron chi connectivity index (χ0n) is 16.0. The molecule has 0 saturated carbocycles. The van der Waals surface area contributed by atoms with E-state index in [-0.39, 0.29) is 0 Å². The molecule has 0 aromatic rings. The van der Waals surface area contributed by atoms with Crippen molar-refractivity contribution in [3.63, 3.8) is 0 Å². The van der Waals surface area contributed by atoms with Gasteiger partial charge in [-0.1, -0.05) is 93.6 Å². The molecule has 0 heterocycles. The molecule has 2 unspecified atom stereocenters. The topological polar surface area (TPSA) is 86.6 Å². The van der Waals surface area contributed by atoms with E-state index in [1.807, 2.05) is 0 Å². The van der Waals surface area contributed by atoms with Crippen LogP contribution in [0.4, 0.5) is 0 Å². The average Bonchev–Trinajstić information content (AvgIpc) is 2.59. The Labute approximate surface area is 154 Å². The summed E-state index contributed by atoms with van der Waals surface area (Å²) in [6, 6.07) is -1.12. The van der Waals surface area contributed by atoms with Crippen molar-refractivity contribution in [1.29, 1.82) is 0 Å². The molecule has 0 spiro atoms. The number of carbonyl (C=O) groups is 1. The number of hydrogen-bond acceptors (Lipinski definition) is 3. The lowest BCUT2D eigenvalue weighted by Crippen LogP contribution is -2.35. The molecule has 3 N–H and O–H groups in total. The first-order valence-corrected chi connectivity index (χ1v) is 11.6. The molecule has 25 heavy (non-hydrogen) atoms. The van der Waals surface area contributed by atoms with E-state index in [2.05, 4.69) is 12.0 Å². The third kappa shape index (κ3) is 16.7. The second-order valence-corrected chi connectivity index (χ2v) is 8.36. The number of rotatable bonds is 19. The molecule has 6 heteroatoms. The van der Waals surface area contributed by atoms with Crippen molar-refractivity contribution in [2.45, 2.75) is 103 Å². The first-order valence-electron chi connectivity index (χ1n) is 10.2. The van der Waals surface area contributed by atoms with E-state index < -0.39 is 26.6 Å². The third-order valence-electron chi connectivity index (χ3n) is 4.50. The van der Waals surface area contributed by atoms with Crippen molar-refractivity contribution in [3.8, 4) is 0 Å². The molecule has 0 aliphatic rings. The first-order chi connectivity index (χ1) is 12.1. The van der Waals surface area contributed by atoms with Crippen LogP contribution in [0.2, 0.25) is 0 Å². The van der Waals surface area contributed by atoms with Gasteiger partial charge in [-0.3, -0.25) is 4.79 Å². The smallest absolute Gasteiger partial charge is 0.432 e. The van der Waals surface area contributed by atoms with Crippen molar-refractivity contribution in [2.24, 2.45) is 0 Å². The Hall–Kier alpha value is -0.510. The highest BCUT2D eigenvalue weighted by molar-refractivity contribution is 7.42. The van der Waals surface area contributed by atoms with Gasteiger partial charge < -0.3 is 10.2 Å². The number of aliphatic carboxylic acids is 1. The fourth-order valence-electron chi connectivity index (χ4n) is 2.86. The van der Waals surface area contributed by atoms with Crippen LogP contribution in [0.3, 0.4) is 0 Å². The van der Waals surface area contributed by atoms with Gasteiger partial charge in [-0.2, -0.15) is 0 Å². The van der Waals surface area contributed by atoms with Gasteiger partial charge in [0.2, 0.25) is 0 Å². The molecular weight excluding hydrogens is 337 g/mol. The van der Waals surface area contributed by atoms with Crippen LogP contribution in [0.5, 0.6) is 0 Å². The molecule has 5 nitrogen and oxygen atoms in total. The van der Waals surface area contributed by atoms with E-state index in [1.54, 1.807) is 0 Å². The second-order valence-electron chi connectivity index (χ2n) is 6.90.